The standard InChI is InChI=1S/C11H22N2O3/c1-3-5-6-7-8-11(9(12)14,10(13)15)16-4-2/h3-8H2,1-2H3,(H2,12,14)(H2,13,15). The van der Waals surface area contributed by atoms with Gasteiger partial charge in [0.15, 0.2) is 0 Å². The van der Waals surface area contributed by atoms with Crippen molar-refractivity contribution in [2.45, 2.75) is 51.6 Å². The molecule has 4 N–H and O–H groups in total. The maximum atomic E-state index is 11.3. The minimum atomic E-state index is -1.62. The van der Waals surface area contributed by atoms with Crippen LogP contribution in [0.25, 0.3) is 0 Å². The average Bonchev–Trinajstić information content (AvgIpc) is 2.21. The normalized spacial score (nSPS) is 11.4. The van der Waals surface area contributed by atoms with E-state index < -0.39 is 17.4 Å². The van der Waals surface area contributed by atoms with E-state index in [0.717, 1.165) is 19.3 Å². The van der Waals surface area contributed by atoms with Crippen LogP contribution >= 0.6 is 0 Å². The van der Waals surface area contributed by atoms with Crippen molar-refractivity contribution >= 4 is 11.8 Å². The number of nitrogens with two attached hydrogens (primary N) is 2. The molecule has 0 saturated heterocycles. The van der Waals surface area contributed by atoms with Crippen molar-refractivity contribution < 1.29 is 14.3 Å². The lowest BCUT2D eigenvalue weighted by Crippen LogP contribution is -2.56. The highest BCUT2D eigenvalue weighted by atomic mass is 16.5. The zero-order valence-corrected chi connectivity index (χ0v) is 10.1. The highest BCUT2D eigenvalue weighted by Crippen LogP contribution is 2.20. The molecule has 5 nitrogen and oxygen atoms in total. The molecule has 0 rings (SSSR count). The number of amides is 2. The van der Waals surface area contributed by atoms with Crippen molar-refractivity contribution in [3.05, 3.63) is 0 Å². The Balaban J connectivity index is 4.50. The number of ether oxygens (including phenoxy) is 1. The van der Waals surface area contributed by atoms with E-state index in [2.05, 4.69) is 6.92 Å². The molecule has 0 aliphatic heterocycles. The summed E-state index contributed by atoms with van der Waals surface area (Å²) in [6.45, 7) is 4.02. The van der Waals surface area contributed by atoms with Crippen molar-refractivity contribution in [3.8, 4) is 0 Å². The van der Waals surface area contributed by atoms with Gasteiger partial charge in [-0.2, -0.15) is 0 Å². The summed E-state index contributed by atoms with van der Waals surface area (Å²) in [5, 5.41) is 0. The van der Waals surface area contributed by atoms with Crippen LogP contribution in [0.2, 0.25) is 0 Å². The maximum Gasteiger partial charge on any atom is 0.259 e. The first kappa shape index (κ1) is 14.9. The molecule has 2 amide bonds. The van der Waals surface area contributed by atoms with Crippen LogP contribution in [0.5, 0.6) is 0 Å². The fourth-order valence-corrected chi connectivity index (χ4v) is 1.63. The summed E-state index contributed by atoms with van der Waals surface area (Å²) in [6, 6.07) is 0. The van der Waals surface area contributed by atoms with Gasteiger partial charge in [0, 0.05) is 6.61 Å². The molecule has 0 aromatic carbocycles. The van der Waals surface area contributed by atoms with Crippen LogP contribution in [-0.4, -0.2) is 24.0 Å². The summed E-state index contributed by atoms with van der Waals surface area (Å²) in [4.78, 5) is 22.6. The highest BCUT2D eigenvalue weighted by molar-refractivity contribution is 6.07. The SMILES string of the molecule is CCCCCCC(OCC)(C(N)=O)C(N)=O. The van der Waals surface area contributed by atoms with Crippen molar-refractivity contribution in [3.63, 3.8) is 0 Å². The smallest absolute Gasteiger partial charge is 0.259 e. The molecule has 0 aliphatic rings. The third kappa shape index (κ3) is 3.81. The molecule has 0 heterocycles. The second kappa shape index (κ2) is 7.22. The van der Waals surface area contributed by atoms with Gasteiger partial charge in [-0.05, 0) is 19.8 Å². The molecule has 0 bridgehead atoms. The third-order valence-electron chi connectivity index (χ3n) is 2.57. The predicted octanol–water partition coefficient (Wildman–Crippen LogP) is 0.703. The Morgan fingerprint density at radius 1 is 1.06 bits per heavy atom. The molecule has 0 aromatic heterocycles. The minimum absolute atomic E-state index is 0.236. The Kier molecular flexibility index (Phi) is 6.72. The van der Waals surface area contributed by atoms with E-state index in [-0.39, 0.29) is 13.0 Å². The largest absolute Gasteiger partial charge is 0.367 e. The zero-order valence-electron chi connectivity index (χ0n) is 10.1. The van der Waals surface area contributed by atoms with Gasteiger partial charge in [0.25, 0.3) is 11.8 Å². The second-order valence-corrected chi connectivity index (χ2v) is 3.80. The molecule has 0 aromatic rings. The number of hydrogen-bond donors (Lipinski definition) is 2. The fourth-order valence-electron chi connectivity index (χ4n) is 1.63. The highest BCUT2D eigenvalue weighted by Gasteiger charge is 2.43. The Morgan fingerprint density at radius 2 is 1.62 bits per heavy atom. The maximum absolute atomic E-state index is 11.3. The van der Waals surface area contributed by atoms with Gasteiger partial charge in [0.2, 0.25) is 5.60 Å². The van der Waals surface area contributed by atoms with E-state index >= 15 is 0 Å². The molecule has 0 atom stereocenters. The lowest BCUT2D eigenvalue weighted by molar-refractivity contribution is -0.157. The summed E-state index contributed by atoms with van der Waals surface area (Å²) in [5.74, 6) is -1.59. The van der Waals surface area contributed by atoms with Crippen LogP contribution in [-0.2, 0) is 14.3 Å². The second-order valence-electron chi connectivity index (χ2n) is 3.80. The Morgan fingerprint density at radius 3 is 2.00 bits per heavy atom. The summed E-state index contributed by atoms with van der Waals surface area (Å²) in [7, 11) is 0. The van der Waals surface area contributed by atoms with Gasteiger partial charge in [0.05, 0.1) is 0 Å². The van der Waals surface area contributed by atoms with Gasteiger partial charge >= 0.3 is 0 Å². The third-order valence-corrected chi connectivity index (χ3v) is 2.57. The number of carbonyl (C=O) groups excluding carboxylic acids is 2. The Bertz CT molecular complexity index is 227. The molecule has 0 radical (unpaired) electrons. The van der Waals surface area contributed by atoms with E-state index in [1.54, 1.807) is 6.92 Å². The molecule has 0 aliphatic carbocycles. The zero-order chi connectivity index (χ0) is 12.6. The molecule has 16 heavy (non-hydrogen) atoms. The molecule has 94 valence electrons. The molecular formula is C11H22N2O3. The molecular weight excluding hydrogens is 208 g/mol. The van der Waals surface area contributed by atoms with Gasteiger partial charge in [-0.25, -0.2) is 0 Å². The first-order chi connectivity index (χ1) is 7.51. The average molecular weight is 230 g/mol. The number of rotatable bonds is 9. The molecule has 5 heteroatoms. The summed E-state index contributed by atoms with van der Waals surface area (Å²) < 4.78 is 5.18. The van der Waals surface area contributed by atoms with Crippen LogP contribution in [0.1, 0.15) is 46.0 Å². The molecule has 0 spiro atoms. The minimum Gasteiger partial charge on any atom is -0.367 e. The lowest BCUT2D eigenvalue weighted by atomic mass is 9.94. The first-order valence-electron chi connectivity index (χ1n) is 5.75. The fraction of sp³-hybridized carbons (Fsp3) is 0.818. The van der Waals surface area contributed by atoms with Crippen LogP contribution in [0.4, 0.5) is 0 Å². The number of unbranched alkanes of at least 4 members (excludes halogenated alkanes) is 3. The van der Waals surface area contributed by atoms with Crippen molar-refractivity contribution in [1.29, 1.82) is 0 Å². The van der Waals surface area contributed by atoms with E-state index in [0.29, 0.717) is 6.42 Å². The molecule has 0 fully saturated rings. The van der Waals surface area contributed by atoms with E-state index in [4.69, 9.17) is 16.2 Å². The monoisotopic (exact) mass is 230 g/mol. The van der Waals surface area contributed by atoms with Crippen LogP contribution in [0.15, 0.2) is 0 Å². The van der Waals surface area contributed by atoms with Crippen LogP contribution in [0.3, 0.4) is 0 Å². The van der Waals surface area contributed by atoms with E-state index in [1.165, 1.54) is 0 Å². The van der Waals surface area contributed by atoms with E-state index in [9.17, 15) is 9.59 Å². The topological polar surface area (TPSA) is 95.4 Å². The number of primary amides is 2. The quantitative estimate of drug-likeness (QED) is 0.451. The predicted molar refractivity (Wildman–Crippen MR) is 61.5 cm³/mol. The van der Waals surface area contributed by atoms with Crippen LogP contribution in [0, 0.1) is 0 Å². The summed E-state index contributed by atoms with van der Waals surface area (Å²) in [6.07, 6.45) is 4.05. The number of hydrogen-bond acceptors (Lipinski definition) is 3. The van der Waals surface area contributed by atoms with Gasteiger partial charge in [-0.3, -0.25) is 9.59 Å². The van der Waals surface area contributed by atoms with Gasteiger partial charge in [0.1, 0.15) is 0 Å². The number of carbonyl (C=O) groups is 2. The summed E-state index contributed by atoms with van der Waals surface area (Å²) >= 11 is 0. The lowest BCUT2D eigenvalue weighted by Gasteiger charge is -2.26. The molecule has 0 saturated carbocycles. The van der Waals surface area contributed by atoms with E-state index in [1.807, 2.05) is 0 Å². The summed E-state index contributed by atoms with van der Waals surface area (Å²) in [5.41, 5.74) is 8.79. The van der Waals surface area contributed by atoms with Gasteiger partial charge < -0.3 is 16.2 Å². The Labute approximate surface area is 96.5 Å². The van der Waals surface area contributed by atoms with Crippen molar-refractivity contribution in [2.24, 2.45) is 11.5 Å². The first-order valence-corrected chi connectivity index (χ1v) is 5.75. The molecule has 0 unspecified atom stereocenters. The van der Waals surface area contributed by atoms with Gasteiger partial charge in [-0.15, -0.1) is 0 Å². The van der Waals surface area contributed by atoms with Crippen molar-refractivity contribution in [1.82, 2.24) is 0 Å². The van der Waals surface area contributed by atoms with Crippen LogP contribution < -0.4 is 11.5 Å². The van der Waals surface area contributed by atoms with Crippen molar-refractivity contribution in [2.75, 3.05) is 6.61 Å². The Hall–Kier alpha value is -1.10. The van der Waals surface area contributed by atoms with Gasteiger partial charge in [-0.1, -0.05) is 26.2 Å².